The Hall–Kier alpha value is -1.69. The van der Waals surface area contributed by atoms with Gasteiger partial charge in [0.05, 0.1) is 4.90 Å². The molecule has 0 bridgehead atoms. The second-order valence-electron chi connectivity index (χ2n) is 4.68. The first-order chi connectivity index (χ1) is 9.41. The SMILES string of the molecule is CNCc1cccc(-c2cc(S(=O)(=O)O)ccc2C)c1. The van der Waals surface area contributed by atoms with Crippen LogP contribution in [-0.4, -0.2) is 20.0 Å². The first kappa shape index (κ1) is 14.7. The van der Waals surface area contributed by atoms with E-state index in [1.165, 1.54) is 12.1 Å². The highest BCUT2D eigenvalue weighted by molar-refractivity contribution is 7.85. The lowest BCUT2D eigenvalue weighted by atomic mass is 9.99. The summed E-state index contributed by atoms with van der Waals surface area (Å²) in [5, 5.41) is 3.08. The van der Waals surface area contributed by atoms with Crippen LogP contribution in [0.1, 0.15) is 11.1 Å². The summed E-state index contributed by atoms with van der Waals surface area (Å²) in [5.41, 5.74) is 3.81. The van der Waals surface area contributed by atoms with Gasteiger partial charge in [-0.05, 0) is 54.4 Å². The van der Waals surface area contributed by atoms with Crippen molar-refractivity contribution in [2.45, 2.75) is 18.4 Å². The molecule has 0 spiro atoms. The average molecular weight is 291 g/mol. The number of benzene rings is 2. The number of rotatable bonds is 4. The first-order valence-corrected chi connectivity index (χ1v) is 7.68. The first-order valence-electron chi connectivity index (χ1n) is 6.24. The Morgan fingerprint density at radius 3 is 2.55 bits per heavy atom. The van der Waals surface area contributed by atoms with Gasteiger partial charge in [-0.15, -0.1) is 0 Å². The van der Waals surface area contributed by atoms with Crippen molar-refractivity contribution in [3.8, 4) is 11.1 Å². The fraction of sp³-hybridized carbons (Fsp3) is 0.200. The predicted molar refractivity (Wildman–Crippen MR) is 79.2 cm³/mol. The summed E-state index contributed by atoms with van der Waals surface area (Å²) in [7, 11) is -2.31. The molecule has 5 heteroatoms. The van der Waals surface area contributed by atoms with E-state index < -0.39 is 10.1 Å². The number of nitrogens with one attached hydrogen (secondary N) is 1. The third-order valence-corrected chi connectivity index (χ3v) is 3.98. The maximum absolute atomic E-state index is 11.2. The number of aryl methyl sites for hydroxylation is 1. The van der Waals surface area contributed by atoms with Gasteiger partial charge in [0.2, 0.25) is 0 Å². The van der Waals surface area contributed by atoms with E-state index >= 15 is 0 Å². The molecular formula is C15H17NO3S. The van der Waals surface area contributed by atoms with Crippen molar-refractivity contribution < 1.29 is 13.0 Å². The van der Waals surface area contributed by atoms with Gasteiger partial charge in [-0.2, -0.15) is 8.42 Å². The summed E-state index contributed by atoms with van der Waals surface area (Å²) in [4.78, 5) is -0.0860. The van der Waals surface area contributed by atoms with Crippen LogP contribution < -0.4 is 5.32 Å². The molecule has 2 rings (SSSR count). The largest absolute Gasteiger partial charge is 0.316 e. The van der Waals surface area contributed by atoms with Gasteiger partial charge in [-0.25, -0.2) is 0 Å². The fourth-order valence-electron chi connectivity index (χ4n) is 2.13. The molecule has 0 atom stereocenters. The van der Waals surface area contributed by atoms with Crippen LogP contribution in [0.5, 0.6) is 0 Å². The molecule has 0 aliphatic carbocycles. The molecule has 2 N–H and O–H groups in total. The van der Waals surface area contributed by atoms with E-state index in [9.17, 15) is 8.42 Å². The number of hydrogen-bond donors (Lipinski definition) is 2. The molecule has 106 valence electrons. The molecule has 0 aliphatic rings. The molecule has 0 saturated heterocycles. The molecule has 0 unspecified atom stereocenters. The molecule has 20 heavy (non-hydrogen) atoms. The van der Waals surface area contributed by atoms with Crippen molar-refractivity contribution >= 4 is 10.1 Å². The molecule has 0 fully saturated rings. The van der Waals surface area contributed by atoms with Gasteiger partial charge in [-0.1, -0.05) is 24.3 Å². The van der Waals surface area contributed by atoms with E-state index in [2.05, 4.69) is 5.32 Å². The zero-order valence-electron chi connectivity index (χ0n) is 11.4. The molecule has 2 aromatic carbocycles. The highest BCUT2D eigenvalue weighted by Crippen LogP contribution is 2.27. The molecule has 0 radical (unpaired) electrons. The second-order valence-corrected chi connectivity index (χ2v) is 6.10. The predicted octanol–water partition coefficient (Wildman–Crippen LogP) is 2.63. The van der Waals surface area contributed by atoms with Crippen LogP contribution in [0.4, 0.5) is 0 Å². The summed E-state index contributed by atoms with van der Waals surface area (Å²) in [6.07, 6.45) is 0. The van der Waals surface area contributed by atoms with Crippen molar-refractivity contribution in [1.82, 2.24) is 5.32 Å². The quantitative estimate of drug-likeness (QED) is 0.850. The van der Waals surface area contributed by atoms with E-state index in [0.717, 1.165) is 28.8 Å². The molecule has 0 heterocycles. The smallest absolute Gasteiger partial charge is 0.294 e. The normalized spacial score (nSPS) is 11.6. The maximum Gasteiger partial charge on any atom is 0.294 e. The zero-order valence-corrected chi connectivity index (χ0v) is 12.2. The van der Waals surface area contributed by atoms with Crippen molar-refractivity contribution in [3.05, 3.63) is 53.6 Å². The number of hydrogen-bond acceptors (Lipinski definition) is 3. The molecule has 4 nitrogen and oxygen atoms in total. The van der Waals surface area contributed by atoms with Crippen LogP contribution in [-0.2, 0) is 16.7 Å². The van der Waals surface area contributed by atoms with Gasteiger partial charge in [0.25, 0.3) is 10.1 Å². The Bertz CT molecular complexity index is 724. The Labute approximate surface area is 119 Å². The Kier molecular flexibility index (Phi) is 4.23. The van der Waals surface area contributed by atoms with Crippen molar-refractivity contribution in [3.63, 3.8) is 0 Å². The monoisotopic (exact) mass is 291 g/mol. The Morgan fingerprint density at radius 1 is 1.15 bits per heavy atom. The molecule has 0 aromatic heterocycles. The fourth-order valence-corrected chi connectivity index (χ4v) is 2.63. The van der Waals surface area contributed by atoms with Crippen molar-refractivity contribution in [2.75, 3.05) is 7.05 Å². The molecule has 2 aromatic rings. The molecule has 0 amide bonds. The molecule has 0 aliphatic heterocycles. The Morgan fingerprint density at radius 2 is 1.90 bits per heavy atom. The summed E-state index contributed by atoms with van der Waals surface area (Å²) in [6.45, 7) is 2.65. The molecule has 0 saturated carbocycles. The van der Waals surface area contributed by atoms with E-state index in [0.29, 0.717) is 0 Å². The third-order valence-electron chi connectivity index (χ3n) is 3.13. The van der Waals surface area contributed by atoms with Crippen LogP contribution in [0.3, 0.4) is 0 Å². The summed E-state index contributed by atoms with van der Waals surface area (Å²) in [6, 6.07) is 12.5. The lowest BCUT2D eigenvalue weighted by molar-refractivity contribution is 0.483. The Balaban J connectivity index is 2.54. The lowest BCUT2D eigenvalue weighted by Crippen LogP contribution is -2.04. The van der Waals surface area contributed by atoms with Gasteiger partial charge in [0, 0.05) is 6.54 Å². The third kappa shape index (κ3) is 3.25. The van der Waals surface area contributed by atoms with Gasteiger partial charge in [0.15, 0.2) is 0 Å². The van der Waals surface area contributed by atoms with E-state index in [1.807, 2.05) is 38.2 Å². The summed E-state index contributed by atoms with van der Waals surface area (Å²) in [5.74, 6) is 0. The standard InChI is InChI=1S/C15H17NO3S/c1-11-6-7-14(20(17,18)19)9-15(11)13-5-3-4-12(8-13)10-16-2/h3-9,16H,10H2,1-2H3,(H,17,18,19). The van der Waals surface area contributed by atoms with Gasteiger partial charge in [0.1, 0.15) is 0 Å². The van der Waals surface area contributed by atoms with Crippen LogP contribution in [0.2, 0.25) is 0 Å². The highest BCUT2D eigenvalue weighted by atomic mass is 32.2. The minimum absolute atomic E-state index is 0.0860. The summed E-state index contributed by atoms with van der Waals surface area (Å²) < 4.78 is 31.6. The lowest BCUT2D eigenvalue weighted by Gasteiger charge is -2.10. The van der Waals surface area contributed by atoms with Crippen LogP contribution >= 0.6 is 0 Å². The van der Waals surface area contributed by atoms with Crippen LogP contribution in [0.25, 0.3) is 11.1 Å². The van der Waals surface area contributed by atoms with Crippen LogP contribution in [0.15, 0.2) is 47.4 Å². The van der Waals surface area contributed by atoms with Crippen molar-refractivity contribution in [1.29, 1.82) is 0 Å². The minimum Gasteiger partial charge on any atom is -0.316 e. The van der Waals surface area contributed by atoms with Crippen LogP contribution in [0, 0.1) is 6.92 Å². The minimum atomic E-state index is -4.18. The van der Waals surface area contributed by atoms with E-state index in [-0.39, 0.29) is 4.90 Å². The van der Waals surface area contributed by atoms with Gasteiger partial charge < -0.3 is 5.32 Å². The van der Waals surface area contributed by atoms with E-state index in [4.69, 9.17) is 4.55 Å². The average Bonchev–Trinajstić information content (AvgIpc) is 2.38. The van der Waals surface area contributed by atoms with Crippen molar-refractivity contribution in [2.24, 2.45) is 0 Å². The highest BCUT2D eigenvalue weighted by Gasteiger charge is 2.12. The zero-order chi connectivity index (χ0) is 14.8. The topological polar surface area (TPSA) is 66.4 Å². The van der Waals surface area contributed by atoms with E-state index in [1.54, 1.807) is 6.07 Å². The van der Waals surface area contributed by atoms with Gasteiger partial charge in [-0.3, -0.25) is 4.55 Å². The second kappa shape index (κ2) is 5.75. The molecular weight excluding hydrogens is 274 g/mol. The summed E-state index contributed by atoms with van der Waals surface area (Å²) >= 11 is 0. The van der Waals surface area contributed by atoms with Gasteiger partial charge >= 0.3 is 0 Å². The maximum atomic E-state index is 11.2.